The molecular formula is C19H28O2. The van der Waals surface area contributed by atoms with Crippen molar-refractivity contribution in [3.63, 3.8) is 0 Å². The van der Waals surface area contributed by atoms with Crippen LogP contribution in [0.4, 0.5) is 0 Å². The number of carbonyl (C=O) groups excluding carboxylic acids is 2. The number of fused-ring (bicyclic) bond motifs is 5. The normalized spacial score (nSPS) is 53.0. The molecule has 21 heavy (non-hydrogen) atoms. The molecule has 4 rings (SSSR count). The number of ketones is 2. The van der Waals surface area contributed by atoms with Gasteiger partial charge in [-0.15, -0.1) is 0 Å². The van der Waals surface area contributed by atoms with Crippen LogP contribution in [0.5, 0.6) is 0 Å². The van der Waals surface area contributed by atoms with Crippen LogP contribution in [0.15, 0.2) is 0 Å². The van der Waals surface area contributed by atoms with Crippen LogP contribution in [0.3, 0.4) is 0 Å². The fourth-order valence-corrected chi connectivity index (χ4v) is 6.87. The minimum atomic E-state index is 0.123. The zero-order valence-corrected chi connectivity index (χ0v) is 13.5. The molecule has 0 bridgehead atoms. The summed E-state index contributed by atoms with van der Waals surface area (Å²) in [7, 11) is 0. The summed E-state index contributed by atoms with van der Waals surface area (Å²) in [4.78, 5) is 24.9. The van der Waals surface area contributed by atoms with Gasteiger partial charge < -0.3 is 0 Å². The molecule has 0 unspecified atom stereocenters. The van der Waals surface area contributed by atoms with Crippen molar-refractivity contribution in [2.75, 3.05) is 0 Å². The summed E-state index contributed by atoms with van der Waals surface area (Å²) < 4.78 is 0. The predicted molar refractivity (Wildman–Crippen MR) is 81.7 cm³/mol. The summed E-state index contributed by atoms with van der Waals surface area (Å²) in [5.74, 6) is 3.12. The Hall–Kier alpha value is -0.660. The maximum Gasteiger partial charge on any atom is 0.137 e. The summed E-state index contributed by atoms with van der Waals surface area (Å²) in [6.07, 6.45) is 9.53. The Morgan fingerprint density at radius 2 is 1.86 bits per heavy atom. The Balaban J connectivity index is 1.70. The van der Waals surface area contributed by atoms with Crippen LogP contribution in [0.2, 0.25) is 0 Å². The monoisotopic (exact) mass is 288 g/mol. The third kappa shape index (κ3) is 1.83. The first-order chi connectivity index (χ1) is 9.94. The first kappa shape index (κ1) is 14.0. The van der Waals surface area contributed by atoms with Gasteiger partial charge in [0, 0.05) is 25.2 Å². The Kier molecular flexibility index (Phi) is 2.94. The highest BCUT2D eigenvalue weighted by atomic mass is 16.1. The first-order valence-electron chi connectivity index (χ1n) is 8.98. The molecule has 0 radical (unpaired) electrons. The van der Waals surface area contributed by atoms with Gasteiger partial charge in [0.15, 0.2) is 0 Å². The minimum absolute atomic E-state index is 0.123. The van der Waals surface area contributed by atoms with Gasteiger partial charge in [-0.2, -0.15) is 0 Å². The third-order valence-corrected chi connectivity index (χ3v) is 7.94. The maximum absolute atomic E-state index is 13.0. The van der Waals surface area contributed by atoms with Crippen LogP contribution in [0, 0.1) is 34.5 Å². The fourth-order valence-electron chi connectivity index (χ4n) is 6.87. The quantitative estimate of drug-likeness (QED) is 0.670. The van der Waals surface area contributed by atoms with Crippen molar-refractivity contribution < 1.29 is 9.59 Å². The summed E-state index contributed by atoms with van der Waals surface area (Å²) in [6, 6.07) is 0. The SMILES string of the molecule is C[C@]12CCC[C@@H]1[C@@H]1CC[C@H]3CC(=O)CC[C@@]3(C)[C@@H]1C(=O)C2. The molecule has 0 spiro atoms. The van der Waals surface area contributed by atoms with Crippen LogP contribution in [-0.4, -0.2) is 11.6 Å². The van der Waals surface area contributed by atoms with E-state index in [2.05, 4.69) is 13.8 Å². The van der Waals surface area contributed by atoms with Crippen molar-refractivity contribution in [2.45, 2.75) is 71.6 Å². The molecule has 2 heteroatoms. The third-order valence-electron chi connectivity index (χ3n) is 7.94. The van der Waals surface area contributed by atoms with Gasteiger partial charge >= 0.3 is 0 Å². The molecular weight excluding hydrogens is 260 g/mol. The Morgan fingerprint density at radius 1 is 1.05 bits per heavy atom. The van der Waals surface area contributed by atoms with E-state index in [1.807, 2.05) is 0 Å². The molecule has 0 N–H and O–H groups in total. The van der Waals surface area contributed by atoms with E-state index in [9.17, 15) is 9.59 Å². The molecule has 0 aromatic rings. The Bertz CT molecular complexity index is 496. The lowest BCUT2D eigenvalue weighted by molar-refractivity contribution is -0.158. The summed E-state index contributed by atoms with van der Waals surface area (Å²) in [5, 5.41) is 0. The summed E-state index contributed by atoms with van der Waals surface area (Å²) >= 11 is 0. The Morgan fingerprint density at radius 3 is 2.67 bits per heavy atom. The van der Waals surface area contributed by atoms with Gasteiger partial charge in [0.1, 0.15) is 11.6 Å². The lowest BCUT2D eigenvalue weighted by Gasteiger charge is -2.58. The minimum Gasteiger partial charge on any atom is -0.300 e. The van der Waals surface area contributed by atoms with Gasteiger partial charge in [-0.25, -0.2) is 0 Å². The number of carbonyl (C=O) groups is 2. The van der Waals surface area contributed by atoms with E-state index in [-0.39, 0.29) is 11.3 Å². The van der Waals surface area contributed by atoms with Crippen molar-refractivity contribution in [2.24, 2.45) is 34.5 Å². The largest absolute Gasteiger partial charge is 0.300 e. The molecule has 0 aliphatic heterocycles. The van der Waals surface area contributed by atoms with Crippen molar-refractivity contribution in [1.82, 2.24) is 0 Å². The van der Waals surface area contributed by atoms with E-state index < -0.39 is 0 Å². The van der Waals surface area contributed by atoms with Crippen molar-refractivity contribution >= 4 is 11.6 Å². The van der Waals surface area contributed by atoms with E-state index >= 15 is 0 Å². The second-order valence-electron chi connectivity index (χ2n) is 8.96. The molecule has 0 aromatic heterocycles. The molecule has 2 nitrogen and oxygen atoms in total. The fraction of sp³-hybridized carbons (Fsp3) is 0.895. The lowest BCUT2D eigenvalue weighted by atomic mass is 9.45. The molecule has 4 aliphatic carbocycles. The average Bonchev–Trinajstić information content (AvgIpc) is 2.80. The molecule has 0 aromatic carbocycles. The Labute approximate surface area is 128 Å². The van der Waals surface area contributed by atoms with Crippen molar-refractivity contribution in [1.29, 1.82) is 0 Å². The van der Waals surface area contributed by atoms with E-state index in [1.165, 1.54) is 32.1 Å². The second kappa shape index (κ2) is 4.43. The van der Waals surface area contributed by atoms with Gasteiger partial charge in [-0.1, -0.05) is 20.3 Å². The zero-order chi connectivity index (χ0) is 14.8. The van der Waals surface area contributed by atoms with Gasteiger partial charge in [0.2, 0.25) is 0 Å². The maximum atomic E-state index is 13.0. The highest BCUT2D eigenvalue weighted by Gasteiger charge is 2.60. The standard InChI is InChI=1S/C19H28O2/c1-18-8-3-4-15(18)14-6-5-12-10-13(20)7-9-19(12,2)17(14)16(21)11-18/h12,14-15,17H,3-11H2,1-2H3/t12-,14-,15+,17-,18+,19+/m0/s1. The number of hydrogen-bond acceptors (Lipinski definition) is 2. The molecule has 0 heterocycles. The van der Waals surface area contributed by atoms with Gasteiger partial charge in [-0.05, 0) is 60.7 Å². The molecule has 6 atom stereocenters. The highest BCUT2D eigenvalue weighted by Crippen LogP contribution is 2.64. The molecule has 116 valence electrons. The highest BCUT2D eigenvalue weighted by molar-refractivity contribution is 5.85. The topological polar surface area (TPSA) is 34.1 Å². The van der Waals surface area contributed by atoms with Crippen LogP contribution in [0.25, 0.3) is 0 Å². The zero-order valence-electron chi connectivity index (χ0n) is 13.5. The first-order valence-corrected chi connectivity index (χ1v) is 8.98. The van der Waals surface area contributed by atoms with Crippen LogP contribution >= 0.6 is 0 Å². The van der Waals surface area contributed by atoms with E-state index in [1.54, 1.807) is 0 Å². The van der Waals surface area contributed by atoms with Gasteiger partial charge in [0.05, 0.1) is 0 Å². The van der Waals surface area contributed by atoms with Crippen LogP contribution in [-0.2, 0) is 9.59 Å². The molecule has 0 saturated heterocycles. The van der Waals surface area contributed by atoms with E-state index in [0.717, 1.165) is 25.2 Å². The lowest BCUT2D eigenvalue weighted by Crippen LogP contribution is -2.56. The molecule has 4 saturated carbocycles. The van der Waals surface area contributed by atoms with Crippen LogP contribution in [0.1, 0.15) is 71.6 Å². The van der Waals surface area contributed by atoms with Gasteiger partial charge in [0.25, 0.3) is 0 Å². The van der Waals surface area contributed by atoms with Crippen molar-refractivity contribution in [3.8, 4) is 0 Å². The second-order valence-corrected chi connectivity index (χ2v) is 8.96. The number of rotatable bonds is 0. The smallest absolute Gasteiger partial charge is 0.137 e. The number of Topliss-reactive ketones (excluding diaryl/α,β-unsaturated/α-hetero) is 2. The molecule has 0 amide bonds. The predicted octanol–water partition coefficient (Wildman–Crippen LogP) is 4.17. The van der Waals surface area contributed by atoms with E-state index in [0.29, 0.717) is 35.2 Å². The average molecular weight is 288 g/mol. The molecule has 4 fully saturated rings. The summed E-state index contributed by atoms with van der Waals surface area (Å²) in [6.45, 7) is 4.72. The van der Waals surface area contributed by atoms with E-state index in [4.69, 9.17) is 0 Å². The summed E-state index contributed by atoms with van der Waals surface area (Å²) in [5.41, 5.74) is 0.420. The molecule has 4 aliphatic rings. The van der Waals surface area contributed by atoms with Crippen molar-refractivity contribution in [3.05, 3.63) is 0 Å². The van der Waals surface area contributed by atoms with Crippen LogP contribution < -0.4 is 0 Å². The van der Waals surface area contributed by atoms with Gasteiger partial charge in [-0.3, -0.25) is 9.59 Å². The number of hydrogen-bond donors (Lipinski definition) is 0.